The second-order valence-electron chi connectivity index (χ2n) is 12.9. The van der Waals surface area contributed by atoms with Crippen LogP contribution in [0.1, 0.15) is 110 Å². The van der Waals surface area contributed by atoms with E-state index in [1.165, 1.54) is 11.1 Å². The van der Waals surface area contributed by atoms with Crippen LogP contribution in [0.4, 0.5) is 0 Å². The van der Waals surface area contributed by atoms with Gasteiger partial charge in [-0.1, -0.05) is 0 Å². The first-order valence-electron chi connectivity index (χ1n) is 15.5. The molecule has 0 saturated carbocycles. The van der Waals surface area contributed by atoms with Gasteiger partial charge < -0.3 is 9.47 Å². The van der Waals surface area contributed by atoms with Crippen molar-refractivity contribution in [2.24, 2.45) is 0 Å². The number of carbonyl (C=O) groups excluding carboxylic acids is 2. The highest BCUT2D eigenvalue weighted by Crippen LogP contribution is 2.44. The van der Waals surface area contributed by atoms with Crippen LogP contribution in [0.15, 0.2) is 0 Å². The maximum Gasteiger partial charge on any atom is 0.344 e. The van der Waals surface area contributed by atoms with Crippen molar-refractivity contribution >= 4 is 22.7 Å². The summed E-state index contributed by atoms with van der Waals surface area (Å²) in [5.74, 6) is 0.435. The number of carbonyl (C=O) groups is 2. The minimum absolute atomic E-state index is 0.347. The largest absolute Gasteiger partial charge is 0.422 e. The van der Waals surface area contributed by atoms with Gasteiger partial charge in [0.2, 0.25) is 0 Å². The maximum atomic E-state index is 13.8. The predicted molar refractivity (Wildman–Crippen MR) is 183 cm³/mol. The van der Waals surface area contributed by atoms with E-state index in [2.05, 4.69) is 55.4 Å². The summed E-state index contributed by atoms with van der Waals surface area (Å²) in [5.41, 5.74) is 17.6. The molecule has 0 saturated heterocycles. The molecule has 0 spiro atoms. The zero-order valence-corrected chi connectivity index (χ0v) is 29.6. The molecule has 4 nitrogen and oxygen atoms in total. The topological polar surface area (TPSA) is 52.6 Å². The fourth-order valence-electron chi connectivity index (χ4n) is 7.02. The highest BCUT2D eigenvalue weighted by atomic mass is 16.5. The molecule has 44 heavy (non-hydrogen) atoms. The number of fused-ring (bicyclic) bond motifs is 1. The molecule has 0 atom stereocenters. The minimum Gasteiger partial charge on any atom is -0.422 e. The van der Waals surface area contributed by atoms with Crippen LogP contribution in [0.3, 0.4) is 0 Å². The van der Waals surface area contributed by atoms with Gasteiger partial charge in [0.05, 0.1) is 11.1 Å². The van der Waals surface area contributed by atoms with Crippen LogP contribution in [-0.4, -0.2) is 11.9 Å². The van der Waals surface area contributed by atoms with Gasteiger partial charge in [-0.05, 0) is 199 Å². The number of aryl methyl sites for hydroxylation is 4. The molecule has 232 valence electrons. The summed E-state index contributed by atoms with van der Waals surface area (Å²) >= 11 is 0. The average molecular weight is 593 g/mol. The van der Waals surface area contributed by atoms with Crippen molar-refractivity contribution in [3.05, 3.63) is 100 Å². The highest BCUT2D eigenvalue weighted by Gasteiger charge is 2.27. The number of benzene rings is 4. The van der Waals surface area contributed by atoms with Crippen LogP contribution < -0.4 is 9.47 Å². The second-order valence-corrected chi connectivity index (χ2v) is 12.9. The summed E-state index contributed by atoms with van der Waals surface area (Å²) in [4.78, 5) is 27.7. The van der Waals surface area contributed by atoms with Crippen molar-refractivity contribution in [2.75, 3.05) is 0 Å². The first kappa shape index (κ1) is 33.0. The van der Waals surface area contributed by atoms with Gasteiger partial charge in [0.1, 0.15) is 11.5 Å². The van der Waals surface area contributed by atoms with Crippen molar-refractivity contribution in [1.82, 2.24) is 0 Å². The average Bonchev–Trinajstić information content (AvgIpc) is 2.98. The lowest BCUT2D eigenvalue weighted by molar-refractivity contribution is 0.0722. The van der Waals surface area contributed by atoms with Crippen LogP contribution in [0, 0.1) is 111 Å². The summed E-state index contributed by atoms with van der Waals surface area (Å²) in [6.07, 6.45) is 0. The third kappa shape index (κ3) is 4.83. The molecule has 0 unspecified atom stereocenters. The van der Waals surface area contributed by atoms with Gasteiger partial charge in [0.25, 0.3) is 0 Å². The van der Waals surface area contributed by atoms with Gasteiger partial charge in [-0.2, -0.15) is 0 Å². The van der Waals surface area contributed by atoms with Gasteiger partial charge in [-0.3, -0.25) is 0 Å². The second kappa shape index (κ2) is 11.5. The standard InChI is InChI=1S/C40H48O4/c1-17-19(3)23(7)35(24(8)20(17)4)39(41)43-37-29(13)27(11)33-28(12)30(14)38(32(16)34(33)31(37)15)44-40(42)36-25(9)21(5)18(2)22(6)26(36)10/h1-16H3. The van der Waals surface area contributed by atoms with Crippen LogP contribution in [-0.2, 0) is 0 Å². The molecule has 4 heteroatoms. The first-order valence-corrected chi connectivity index (χ1v) is 15.5. The molecule has 0 aromatic heterocycles. The van der Waals surface area contributed by atoms with E-state index in [4.69, 9.17) is 9.47 Å². The van der Waals surface area contributed by atoms with Crippen molar-refractivity contribution in [3.8, 4) is 11.5 Å². The molecule has 0 amide bonds. The molecule has 0 aliphatic rings. The van der Waals surface area contributed by atoms with E-state index in [1.807, 2.05) is 55.4 Å². The Labute approximate surface area is 263 Å². The number of esters is 2. The van der Waals surface area contributed by atoms with Gasteiger partial charge in [0.15, 0.2) is 0 Å². The zero-order valence-electron chi connectivity index (χ0n) is 29.6. The summed E-state index contributed by atoms with van der Waals surface area (Å²) in [7, 11) is 0. The fraction of sp³-hybridized carbons (Fsp3) is 0.400. The number of ether oxygens (including phenoxy) is 2. The number of rotatable bonds is 4. The van der Waals surface area contributed by atoms with E-state index in [9.17, 15) is 9.59 Å². The van der Waals surface area contributed by atoms with Crippen molar-refractivity contribution < 1.29 is 19.1 Å². The Kier molecular flexibility index (Phi) is 8.65. The Morgan fingerprint density at radius 3 is 0.795 bits per heavy atom. The molecule has 0 N–H and O–H groups in total. The van der Waals surface area contributed by atoms with E-state index in [1.54, 1.807) is 0 Å². The molecule has 0 fully saturated rings. The van der Waals surface area contributed by atoms with Crippen LogP contribution in [0.2, 0.25) is 0 Å². The van der Waals surface area contributed by atoms with E-state index in [0.29, 0.717) is 22.6 Å². The van der Waals surface area contributed by atoms with Crippen LogP contribution in [0.5, 0.6) is 11.5 Å². The molecule has 4 rings (SSSR count). The molecular weight excluding hydrogens is 544 g/mol. The van der Waals surface area contributed by atoms with Crippen molar-refractivity contribution in [3.63, 3.8) is 0 Å². The smallest absolute Gasteiger partial charge is 0.344 e. The Balaban J connectivity index is 1.92. The molecule has 0 heterocycles. The Bertz CT molecular complexity index is 1740. The van der Waals surface area contributed by atoms with Gasteiger partial charge >= 0.3 is 11.9 Å². The SMILES string of the molecule is Cc1c(C)c(C)c(C(=O)Oc2c(C)c(C)c3c(C)c(C)c(OC(=O)c4c(C)c(C)c(C)c(C)c4C)c(C)c3c2C)c(C)c1C. The number of hydrogen-bond acceptors (Lipinski definition) is 4. The molecule has 0 bridgehead atoms. The minimum atomic E-state index is -0.347. The summed E-state index contributed by atoms with van der Waals surface area (Å²) in [5, 5.41) is 2.06. The van der Waals surface area contributed by atoms with Crippen molar-refractivity contribution in [2.45, 2.75) is 111 Å². The lowest BCUT2D eigenvalue weighted by Crippen LogP contribution is -2.17. The third-order valence-electron chi connectivity index (χ3n) is 11.0. The normalized spacial score (nSPS) is 11.4. The summed E-state index contributed by atoms with van der Waals surface area (Å²) < 4.78 is 12.6. The van der Waals surface area contributed by atoms with Gasteiger partial charge in [-0.15, -0.1) is 0 Å². The van der Waals surface area contributed by atoms with E-state index < -0.39 is 0 Å². The lowest BCUT2D eigenvalue weighted by atomic mass is 9.87. The van der Waals surface area contributed by atoms with Crippen LogP contribution >= 0.6 is 0 Å². The molecule has 4 aromatic carbocycles. The third-order valence-corrected chi connectivity index (χ3v) is 11.0. The Hall–Kier alpha value is -3.92. The van der Waals surface area contributed by atoms with Gasteiger partial charge in [0, 0.05) is 11.1 Å². The predicted octanol–water partition coefficient (Wildman–Crippen LogP) is 10.2. The van der Waals surface area contributed by atoms with E-state index >= 15 is 0 Å². The van der Waals surface area contributed by atoms with E-state index in [-0.39, 0.29) is 11.9 Å². The monoisotopic (exact) mass is 592 g/mol. The molecular formula is C40H48O4. The first-order chi connectivity index (χ1) is 20.4. The zero-order chi connectivity index (χ0) is 33.3. The number of hydrogen-bond donors (Lipinski definition) is 0. The quantitative estimate of drug-likeness (QED) is 0.175. The van der Waals surface area contributed by atoms with Crippen molar-refractivity contribution in [1.29, 1.82) is 0 Å². The lowest BCUT2D eigenvalue weighted by Gasteiger charge is -2.24. The highest BCUT2D eigenvalue weighted by molar-refractivity contribution is 6.02. The van der Waals surface area contributed by atoms with E-state index in [0.717, 1.165) is 88.7 Å². The summed E-state index contributed by atoms with van der Waals surface area (Å²) in [6.45, 7) is 32.6. The molecule has 0 radical (unpaired) electrons. The Morgan fingerprint density at radius 1 is 0.295 bits per heavy atom. The van der Waals surface area contributed by atoms with Crippen LogP contribution in [0.25, 0.3) is 10.8 Å². The molecule has 0 aliphatic carbocycles. The fourth-order valence-corrected chi connectivity index (χ4v) is 7.02. The maximum absolute atomic E-state index is 13.8. The molecule has 4 aromatic rings. The summed E-state index contributed by atoms with van der Waals surface area (Å²) in [6, 6.07) is 0. The molecule has 0 aliphatic heterocycles. The van der Waals surface area contributed by atoms with Gasteiger partial charge in [-0.25, -0.2) is 9.59 Å². The Morgan fingerprint density at radius 2 is 0.523 bits per heavy atom.